The summed E-state index contributed by atoms with van der Waals surface area (Å²) >= 11 is 0. The molecule has 5 rings (SSSR count). The summed E-state index contributed by atoms with van der Waals surface area (Å²) < 4.78 is 11.0. The Morgan fingerprint density at radius 2 is 1.85 bits per heavy atom. The molecule has 0 saturated heterocycles. The zero-order chi connectivity index (χ0) is 29.4. The smallest absolute Gasteiger partial charge is 0.411 e. The highest BCUT2D eigenvalue weighted by Crippen LogP contribution is 2.68. The van der Waals surface area contributed by atoms with Gasteiger partial charge in [-0.3, -0.25) is 10.1 Å². The van der Waals surface area contributed by atoms with E-state index in [9.17, 15) is 19.8 Å². The van der Waals surface area contributed by atoms with Crippen molar-refractivity contribution in [2.75, 3.05) is 11.9 Å². The Morgan fingerprint density at radius 1 is 1.10 bits per heavy atom. The number of carbonyl (C=O) groups excluding carboxylic acids is 2. The Labute approximate surface area is 245 Å². The number of hydrogen-bond acceptors (Lipinski definition) is 6. The lowest BCUT2D eigenvalue weighted by atomic mass is 9.43. The first-order chi connectivity index (χ1) is 19.6. The summed E-state index contributed by atoms with van der Waals surface area (Å²) in [6, 6.07) is 9.33. The molecule has 0 aliphatic heterocycles. The number of anilines is 1. The minimum Gasteiger partial charge on any atom is -0.461 e. The molecule has 226 valence electrons. The standard InChI is InChI=1S/C34H49NO6/c1-5-17-40-30(38)14-11-21(2)25-12-13-26-31-27(20-29(37)34(25,26)4)33(3)16-15-24(18-22(33)19-28(31)36)41-32(39)35-23-9-7-6-8-10-23/h5-10,21-22,24-29,31,36-37H,1,11-20H2,2-4H3,(H,35,39)/t21-,22+,24-,25-,26+,27+,28-,29+,31+,33+,34-/m1/s1. The van der Waals surface area contributed by atoms with Gasteiger partial charge in [-0.25, -0.2) is 4.79 Å². The van der Waals surface area contributed by atoms with Crippen LogP contribution in [0.1, 0.15) is 78.6 Å². The van der Waals surface area contributed by atoms with Crippen molar-refractivity contribution in [1.82, 2.24) is 0 Å². The molecule has 41 heavy (non-hydrogen) atoms. The van der Waals surface area contributed by atoms with Crippen LogP contribution >= 0.6 is 0 Å². The fourth-order valence-electron chi connectivity index (χ4n) is 9.81. The van der Waals surface area contributed by atoms with Crippen molar-refractivity contribution >= 4 is 17.7 Å². The van der Waals surface area contributed by atoms with Crippen molar-refractivity contribution in [3.05, 3.63) is 43.0 Å². The van der Waals surface area contributed by atoms with Gasteiger partial charge in [-0.1, -0.05) is 51.6 Å². The lowest BCUT2D eigenvalue weighted by Crippen LogP contribution is -2.62. The maximum Gasteiger partial charge on any atom is 0.411 e. The first-order valence-electron chi connectivity index (χ1n) is 15.7. The molecule has 1 aromatic carbocycles. The average Bonchev–Trinajstić information content (AvgIpc) is 3.31. The lowest BCUT2D eigenvalue weighted by Gasteiger charge is -2.63. The molecule has 3 N–H and O–H groups in total. The van der Waals surface area contributed by atoms with E-state index in [-0.39, 0.29) is 59.1 Å². The second kappa shape index (κ2) is 12.1. The third-order valence-electron chi connectivity index (χ3n) is 12.0. The molecule has 1 amide bonds. The number of benzene rings is 1. The largest absolute Gasteiger partial charge is 0.461 e. The Morgan fingerprint density at radius 3 is 2.59 bits per heavy atom. The molecule has 0 aromatic heterocycles. The molecule has 0 spiro atoms. The van der Waals surface area contributed by atoms with Crippen LogP contribution in [0.3, 0.4) is 0 Å². The summed E-state index contributed by atoms with van der Waals surface area (Å²) in [7, 11) is 0. The molecule has 4 fully saturated rings. The summed E-state index contributed by atoms with van der Waals surface area (Å²) in [4.78, 5) is 24.7. The molecule has 7 heteroatoms. The molecular formula is C34H49NO6. The first kappa shape index (κ1) is 30.1. The van der Waals surface area contributed by atoms with Gasteiger partial charge in [-0.05, 0) is 110 Å². The van der Waals surface area contributed by atoms with Gasteiger partial charge in [0, 0.05) is 12.1 Å². The molecule has 0 bridgehead atoms. The Hall–Kier alpha value is -2.38. The monoisotopic (exact) mass is 567 g/mol. The number of aliphatic hydroxyl groups is 2. The van der Waals surface area contributed by atoms with Crippen LogP contribution in [0.5, 0.6) is 0 Å². The molecule has 0 heterocycles. The summed E-state index contributed by atoms with van der Waals surface area (Å²) in [5.41, 5.74) is 0.441. The van der Waals surface area contributed by atoms with E-state index in [0.717, 1.165) is 44.9 Å². The van der Waals surface area contributed by atoms with Crippen LogP contribution < -0.4 is 5.32 Å². The highest BCUT2D eigenvalue weighted by Gasteiger charge is 2.65. The van der Waals surface area contributed by atoms with Crippen LogP contribution in [-0.4, -0.2) is 47.2 Å². The van der Waals surface area contributed by atoms with Crippen LogP contribution in [0.2, 0.25) is 0 Å². The van der Waals surface area contributed by atoms with Gasteiger partial charge < -0.3 is 19.7 Å². The molecule has 4 saturated carbocycles. The number of carbonyl (C=O) groups is 2. The van der Waals surface area contributed by atoms with Gasteiger partial charge in [0.15, 0.2) is 0 Å². The van der Waals surface area contributed by atoms with Crippen LogP contribution in [0.25, 0.3) is 0 Å². The molecule has 1 aromatic rings. The van der Waals surface area contributed by atoms with Gasteiger partial charge in [0.1, 0.15) is 12.7 Å². The fourth-order valence-corrected chi connectivity index (χ4v) is 9.81. The number of fused-ring (bicyclic) bond motifs is 5. The topological polar surface area (TPSA) is 105 Å². The first-order valence-corrected chi connectivity index (χ1v) is 15.7. The van der Waals surface area contributed by atoms with E-state index >= 15 is 0 Å². The normalized spacial score (nSPS) is 40.3. The van der Waals surface area contributed by atoms with Crippen LogP contribution in [-0.2, 0) is 14.3 Å². The van der Waals surface area contributed by atoms with Gasteiger partial charge >= 0.3 is 12.1 Å². The Balaban J connectivity index is 1.24. The van der Waals surface area contributed by atoms with Gasteiger partial charge in [-0.2, -0.15) is 0 Å². The minimum absolute atomic E-state index is 0.000582. The van der Waals surface area contributed by atoms with Crippen molar-refractivity contribution in [3.8, 4) is 0 Å². The van der Waals surface area contributed by atoms with E-state index < -0.39 is 18.3 Å². The summed E-state index contributed by atoms with van der Waals surface area (Å²) in [5.74, 6) is 1.31. The van der Waals surface area contributed by atoms with Gasteiger partial charge in [0.05, 0.1) is 12.2 Å². The summed E-state index contributed by atoms with van der Waals surface area (Å²) in [6.45, 7) is 10.7. The number of amides is 1. The maximum atomic E-state index is 12.6. The van der Waals surface area contributed by atoms with E-state index in [0.29, 0.717) is 24.4 Å². The average molecular weight is 568 g/mol. The highest BCUT2D eigenvalue weighted by molar-refractivity contribution is 5.84. The van der Waals surface area contributed by atoms with E-state index in [1.807, 2.05) is 30.3 Å². The predicted octanol–water partition coefficient (Wildman–Crippen LogP) is 6.35. The van der Waals surface area contributed by atoms with E-state index in [1.54, 1.807) is 6.08 Å². The molecule has 4 aliphatic carbocycles. The van der Waals surface area contributed by atoms with Crippen molar-refractivity contribution in [2.24, 2.45) is 46.3 Å². The second-order valence-corrected chi connectivity index (χ2v) is 13.9. The number of para-hydroxylation sites is 1. The van der Waals surface area contributed by atoms with E-state index in [4.69, 9.17) is 9.47 Å². The zero-order valence-corrected chi connectivity index (χ0v) is 25.0. The zero-order valence-electron chi connectivity index (χ0n) is 25.0. The third-order valence-corrected chi connectivity index (χ3v) is 12.0. The predicted molar refractivity (Wildman–Crippen MR) is 158 cm³/mol. The maximum absolute atomic E-state index is 12.6. The molecular weight excluding hydrogens is 518 g/mol. The number of ether oxygens (including phenoxy) is 2. The third kappa shape index (κ3) is 5.69. The van der Waals surface area contributed by atoms with Crippen LogP contribution in [0.15, 0.2) is 43.0 Å². The molecule has 11 atom stereocenters. The van der Waals surface area contributed by atoms with Gasteiger partial charge in [0.2, 0.25) is 0 Å². The quantitative estimate of drug-likeness (QED) is 0.250. The Kier molecular flexibility index (Phi) is 8.87. The van der Waals surface area contributed by atoms with Gasteiger partial charge in [-0.15, -0.1) is 0 Å². The van der Waals surface area contributed by atoms with Crippen LogP contribution in [0, 0.1) is 46.3 Å². The number of nitrogens with one attached hydrogen (secondary N) is 1. The number of rotatable bonds is 8. The van der Waals surface area contributed by atoms with Crippen LogP contribution in [0.4, 0.5) is 10.5 Å². The molecule has 7 nitrogen and oxygen atoms in total. The lowest BCUT2D eigenvalue weighted by molar-refractivity contribution is -0.206. The van der Waals surface area contributed by atoms with E-state index in [1.165, 1.54) is 0 Å². The van der Waals surface area contributed by atoms with Crippen molar-refractivity contribution in [1.29, 1.82) is 0 Å². The summed E-state index contributed by atoms with van der Waals surface area (Å²) in [5, 5.41) is 26.3. The number of aliphatic hydroxyl groups excluding tert-OH is 2. The van der Waals surface area contributed by atoms with Crippen molar-refractivity contribution < 1.29 is 29.3 Å². The number of hydrogen-bond donors (Lipinski definition) is 3. The van der Waals surface area contributed by atoms with E-state index in [2.05, 4.69) is 32.7 Å². The second-order valence-electron chi connectivity index (χ2n) is 13.9. The minimum atomic E-state index is -0.440. The molecule has 0 unspecified atom stereocenters. The molecule has 4 aliphatic rings. The highest BCUT2D eigenvalue weighted by atomic mass is 16.6. The SMILES string of the molecule is C=CCOC(=O)CC[C@@H](C)[C@H]1CC[C@H]2[C@@H]3[C@H](O)C[C@@H]4C[C@H](OC(=O)Nc5ccccc5)CC[C@]4(C)[C@H]3C[C@H](O)[C@]12C. The Bertz CT molecular complexity index is 1090. The fraction of sp³-hybridized carbons (Fsp3) is 0.706. The van der Waals surface area contributed by atoms with Crippen molar-refractivity contribution in [2.45, 2.75) is 96.9 Å². The van der Waals surface area contributed by atoms with Crippen molar-refractivity contribution in [3.63, 3.8) is 0 Å². The summed E-state index contributed by atoms with van der Waals surface area (Å²) in [6.07, 6.45) is 7.16. The molecule has 0 radical (unpaired) electrons. The number of esters is 1. The van der Waals surface area contributed by atoms with Gasteiger partial charge in [0.25, 0.3) is 0 Å².